The fraction of sp³-hybridized carbons (Fsp3) is 0.190. The molecule has 0 saturated heterocycles. The molecule has 1 heterocycles. The lowest BCUT2D eigenvalue weighted by Gasteiger charge is -2.17. The number of benzene rings is 2. The average Bonchev–Trinajstić information content (AvgIpc) is 3.02. The number of nitrogens with one attached hydrogen (secondary N) is 1. The number of rotatable bonds is 5. The Balaban J connectivity index is 1.65. The lowest BCUT2D eigenvalue weighted by molar-refractivity contribution is 0.0947. The fourth-order valence-corrected chi connectivity index (χ4v) is 2.82. The van der Waals surface area contributed by atoms with Gasteiger partial charge in [0.2, 0.25) is 0 Å². The van der Waals surface area contributed by atoms with Crippen LogP contribution >= 0.6 is 0 Å². The second-order valence-electron chi connectivity index (χ2n) is 6.39. The molecule has 0 aliphatic heterocycles. The molecule has 0 aliphatic rings. The van der Waals surface area contributed by atoms with Gasteiger partial charge >= 0.3 is 0 Å². The number of aryl methyl sites for hydroxylation is 2. The lowest BCUT2D eigenvalue weighted by atomic mass is 10.1. The molecule has 3 rings (SSSR count). The molecule has 27 heavy (non-hydrogen) atoms. The number of amides is 2. The fourth-order valence-electron chi connectivity index (χ4n) is 2.82. The Morgan fingerprint density at radius 2 is 1.67 bits per heavy atom. The molecule has 0 aliphatic carbocycles. The van der Waals surface area contributed by atoms with Crippen LogP contribution in [0.1, 0.15) is 32.0 Å². The number of para-hydroxylation sites is 1. The van der Waals surface area contributed by atoms with Gasteiger partial charge in [0, 0.05) is 37.1 Å². The molecule has 1 N–H and O–H groups in total. The standard InChI is InChI=1S/C21H22N4O2/c1-15-14-24(2)23-19(15)13-22-20(26)16-9-11-17(12-10-16)21(27)25(3)18-7-5-4-6-8-18/h4-12,14H,13H2,1-3H3,(H,22,26). The number of hydrogen-bond acceptors (Lipinski definition) is 3. The summed E-state index contributed by atoms with van der Waals surface area (Å²) in [4.78, 5) is 26.5. The zero-order valence-electron chi connectivity index (χ0n) is 15.6. The average molecular weight is 362 g/mol. The second-order valence-corrected chi connectivity index (χ2v) is 6.39. The Labute approximate surface area is 158 Å². The van der Waals surface area contributed by atoms with Crippen molar-refractivity contribution in [1.29, 1.82) is 0 Å². The Morgan fingerprint density at radius 3 is 2.26 bits per heavy atom. The van der Waals surface area contributed by atoms with E-state index in [1.165, 1.54) is 0 Å². The first-order valence-corrected chi connectivity index (χ1v) is 8.66. The third-order valence-electron chi connectivity index (χ3n) is 4.37. The van der Waals surface area contributed by atoms with Crippen molar-refractivity contribution < 1.29 is 9.59 Å². The number of carbonyl (C=O) groups excluding carboxylic acids is 2. The normalized spacial score (nSPS) is 10.5. The predicted molar refractivity (Wildman–Crippen MR) is 105 cm³/mol. The molecule has 2 aromatic carbocycles. The summed E-state index contributed by atoms with van der Waals surface area (Å²) in [7, 11) is 3.58. The maximum atomic E-state index is 12.6. The van der Waals surface area contributed by atoms with Crippen LogP contribution < -0.4 is 10.2 Å². The topological polar surface area (TPSA) is 67.2 Å². The molecule has 6 heteroatoms. The summed E-state index contributed by atoms with van der Waals surface area (Å²) in [5, 5.41) is 7.17. The summed E-state index contributed by atoms with van der Waals surface area (Å²) in [5.41, 5.74) is 3.71. The van der Waals surface area contributed by atoms with E-state index in [2.05, 4.69) is 10.4 Å². The van der Waals surface area contributed by atoms with Gasteiger partial charge in [-0.25, -0.2) is 0 Å². The van der Waals surface area contributed by atoms with E-state index < -0.39 is 0 Å². The number of hydrogen-bond donors (Lipinski definition) is 1. The third-order valence-corrected chi connectivity index (χ3v) is 4.37. The quantitative estimate of drug-likeness (QED) is 0.759. The molecule has 0 unspecified atom stereocenters. The van der Waals surface area contributed by atoms with Gasteiger partial charge in [0.25, 0.3) is 11.8 Å². The van der Waals surface area contributed by atoms with Gasteiger partial charge in [-0.2, -0.15) is 5.10 Å². The Kier molecular flexibility index (Phi) is 5.35. The molecule has 0 atom stereocenters. The van der Waals surface area contributed by atoms with E-state index >= 15 is 0 Å². The number of aromatic nitrogens is 2. The highest BCUT2D eigenvalue weighted by Gasteiger charge is 2.14. The number of carbonyl (C=O) groups is 2. The van der Waals surface area contributed by atoms with Gasteiger partial charge in [0.15, 0.2) is 0 Å². The lowest BCUT2D eigenvalue weighted by Crippen LogP contribution is -2.26. The van der Waals surface area contributed by atoms with Crippen LogP contribution in [0.4, 0.5) is 5.69 Å². The second kappa shape index (κ2) is 7.86. The SMILES string of the molecule is Cc1cn(C)nc1CNC(=O)c1ccc(C(=O)N(C)c2ccccc2)cc1. The predicted octanol–water partition coefficient (Wildman–Crippen LogP) is 2.94. The van der Waals surface area contributed by atoms with Crippen LogP contribution in [-0.2, 0) is 13.6 Å². The van der Waals surface area contributed by atoms with Crippen LogP contribution in [0.15, 0.2) is 60.8 Å². The highest BCUT2D eigenvalue weighted by atomic mass is 16.2. The summed E-state index contributed by atoms with van der Waals surface area (Å²) in [5.74, 6) is -0.326. The summed E-state index contributed by atoms with van der Waals surface area (Å²) in [6.45, 7) is 2.32. The van der Waals surface area contributed by atoms with Gasteiger partial charge in [-0.15, -0.1) is 0 Å². The highest BCUT2D eigenvalue weighted by Crippen LogP contribution is 2.15. The first kappa shape index (κ1) is 18.4. The molecule has 0 radical (unpaired) electrons. The first-order chi connectivity index (χ1) is 13.0. The van der Waals surface area contributed by atoms with Crippen molar-refractivity contribution in [2.45, 2.75) is 13.5 Å². The van der Waals surface area contributed by atoms with Gasteiger partial charge in [0.1, 0.15) is 0 Å². The van der Waals surface area contributed by atoms with E-state index in [1.54, 1.807) is 40.9 Å². The summed E-state index contributed by atoms with van der Waals surface area (Å²) < 4.78 is 1.72. The van der Waals surface area contributed by atoms with Gasteiger partial charge in [0.05, 0.1) is 12.2 Å². The van der Waals surface area contributed by atoms with E-state index in [0.717, 1.165) is 16.9 Å². The molecule has 0 fully saturated rings. The van der Waals surface area contributed by atoms with Crippen molar-refractivity contribution in [3.05, 3.63) is 83.2 Å². The van der Waals surface area contributed by atoms with Gasteiger partial charge in [-0.05, 0) is 48.9 Å². The van der Waals surface area contributed by atoms with Crippen LogP contribution in [0, 0.1) is 6.92 Å². The van der Waals surface area contributed by atoms with Crippen LogP contribution in [0.5, 0.6) is 0 Å². The van der Waals surface area contributed by atoms with E-state index in [1.807, 2.05) is 50.5 Å². The minimum absolute atomic E-state index is 0.128. The zero-order chi connectivity index (χ0) is 19.4. The van der Waals surface area contributed by atoms with E-state index in [0.29, 0.717) is 17.7 Å². The molecule has 2 amide bonds. The molecule has 0 saturated carbocycles. The van der Waals surface area contributed by atoms with Crippen LogP contribution in [0.2, 0.25) is 0 Å². The highest BCUT2D eigenvalue weighted by molar-refractivity contribution is 6.06. The molecular formula is C21H22N4O2. The molecule has 6 nitrogen and oxygen atoms in total. The third kappa shape index (κ3) is 4.23. The summed E-state index contributed by atoms with van der Waals surface area (Å²) in [6, 6.07) is 16.1. The molecule has 138 valence electrons. The molecule has 0 spiro atoms. The molecule has 0 bridgehead atoms. The van der Waals surface area contributed by atoms with Crippen molar-refractivity contribution >= 4 is 17.5 Å². The molecule has 3 aromatic rings. The van der Waals surface area contributed by atoms with Crippen molar-refractivity contribution in [1.82, 2.24) is 15.1 Å². The van der Waals surface area contributed by atoms with Crippen molar-refractivity contribution in [3.63, 3.8) is 0 Å². The monoisotopic (exact) mass is 362 g/mol. The summed E-state index contributed by atoms with van der Waals surface area (Å²) >= 11 is 0. The van der Waals surface area contributed by atoms with Gasteiger partial charge < -0.3 is 10.2 Å². The van der Waals surface area contributed by atoms with Gasteiger partial charge in [-0.1, -0.05) is 18.2 Å². The minimum Gasteiger partial charge on any atom is -0.346 e. The maximum Gasteiger partial charge on any atom is 0.258 e. The Bertz CT molecular complexity index is 946. The maximum absolute atomic E-state index is 12.6. The van der Waals surface area contributed by atoms with Crippen LogP contribution in [0.3, 0.4) is 0 Å². The largest absolute Gasteiger partial charge is 0.346 e. The van der Waals surface area contributed by atoms with Crippen molar-refractivity contribution in [2.75, 3.05) is 11.9 Å². The van der Waals surface area contributed by atoms with Crippen LogP contribution in [0.25, 0.3) is 0 Å². The van der Waals surface area contributed by atoms with E-state index in [9.17, 15) is 9.59 Å². The number of nitrogens with zero attached hydrogens (tertiary/aromatic N) is 3. The number of anilines is 1. The molecular weight excluding hydrogens is 340 g/mol. The summed E-state index contributed by atoms with van der Waals surface area (Å²) in [6.07, 6.45) is 1.91. The van der Waals surface area contributed by atoms with Crippen LogP contribution in [-0.4, -0.2) is 28.6 Å². The van der Waals surface area contributed by atoms with Crippen molar-refractivity contribution in [3.8, 4) is 0 Å². The zero-order valence-corrected chi connectivity index (χ0v) is 15.6. The van der Waals surface area contributed by atoms with Gasteiger partial charge in [-0.3, -0.25) is 14.3 Å². The van der Waals surface area contributed by atoms with E-state index in [-0.39, 0.29) is 11.8 Å². The first-order valence-electron chi connectivity index (χ1n) is 8.66. The van der Waals surface area contributed by atoms with E-state index in [4.69, 9.17) is 0 Å². The Morgan fingerprint density at radius 1 is 1.04 bits per heavy atom. The minimum atomic E-state index is -0.199. The Hall–Kier alpha value is -3.41. The molecule has 1 aromatic heterocycles. The smallest absolute Gasteiger partial charge is 0.258 e. The van der Waals surface area contributed by atoms with Crippen molar-refractivity contribution in [2.24, 2.45) is 7.05 Å².